The number of carbonyl (C=O) groups is 2. The lowest BCUT2D eigenvalue weighted by Crippen LogP contribution is -2.26. The molecular weight excluding hydrogens is 318 g/mol. The van der Waals surface area contributed by atoms with Crippen LogP contribution in [0.5, 0.6) is 0 Å². The van der Waals surface area contributed by atoms with Crippen molar-refractivity contribution in [1.82, 2.24) is 5.32 Å². The minimum Gasteiger partial charge on any atom is -0.481 e. The predicted molar refractivity (Wildman–Crippen MR) is 94.0 cm³/mol. The first-order valence-electron chi connectivity index (χ1n) is 8.47. The van der Waals surface area contributed by atoms with E-state index in [1.54, 1.807) is 0 Å². The number of aryl methyl sites for hydroxylation is 1. The third-order valence-corrected chi connectivity index (χ3v) is 4.15. The Morgan fingerprint density at radius 1 is 1.16 bits per heavy atom. The molecule has 1 aliphatic heterocycles. The van der Waals surface area contributed by atoms with Gasteiger partial charge in [-0.05, 0) is 24.0 Å². The van der Waals surface area contributed by atoms with Crippen molar-refractivity contribution < 1.29 is 14.7 Å². The molecule has 0 atom stereocenters. The number of rotatable bonds is 11. The highest BCUT2D eigenvalue weighted by atomic mass is 16.4. The molecule has 2 N–H and O–H groups in total. The zero-order valence-electron chi connectivity index (χ0n) is 14.2. The van der Waals surface area contributed by atoms with Crippen LogP contribution in [-0.4, -0.2) is 29.2 Å². The first kappa shape index (κ1) is 18.7. The van der Waals surface area contributed by atoms with Crippen LogP contribution < -0.4 is 5.32 Å². The number of terminal acetylenes is 1. The Morgan fingerprint density at radius 3 is 2.44 bits per heavy atom. The minimum atomic E-state index is -0.830. The monoisotopic (exact) mass is 341 g/mol. The fraction of sp³-hybridized carbons (Fsp3) is 0.474. The van der Waals surface area contributed by atoms with Crippen LogP contribution in [0.3, 0.4) is 0 Å². The number of nitrogens with one attached hydrogen (secondary N) is 1. The molecule has 25 heavy (non-hydrogen) atoms. The van der Waals surface area contributed by atoms with Crippen LogP contribution in [0.15, 0.2) is 34.5 Å². The molecular formula is C19H23N3O3. The van der Waals surface area contributed by atoms with Gasteiger partial charge in [0, 0.05) is 32.2 Å². The normalized spacial score (nSPS) is 13.9. The molecule has 1 aliphatic rings. The molecule has 0 aliphatic carbocycles. The third kappa shape index (κ3) is 6.76. The molecule has 0 bridgehead atoms. The molecule has 1 aromatic rings. The molecule has 0 aromatic heterocycles. The van der Waals surface area contributed by atoms with Gasteiger partial charge in [-0.1, -0.05) is 24.3 Å². The van der Waals surface area contributed by atoms with Crippen LogP contribution >= 0.6 is 0 Å². The number of carbonyl (C=O) groups excluding carboxylic acids is 1. The van der Waals surface area contributed by atoms with E-state index in [1.165, 1.54) is 0 Å². The number of nitrogens with zero attached hydrogens (tertiary/aromatic N) is 2. The maximum Gasteiger partial charge on any atom is 0.307 e. The summed E-state index contributed by atoms with van der Waals surface area (Å²) in [5.74, 6) is 1.75. The number of carboxylic acid groups (broad SMARTS) is 1. The molecule has 1 heterocycles. The van der Waals surface area contributed by atoms with Crippen LogP contribution in [-0.2, 0) is 22.4 Å². The smallest absolute Gasteiger partial charge is 0.307 e. The first-order valence-corrected chi connectivity index (χ1v) is 8.47. The Kier molecular flexibility index (Phi) is 6.70. The lowest BCUT2D eigenvalue weighted by Gasteiger charge is -2.09. The van der Waals surface area contributed by atoms with E-state index in [0.29, 0.717) is 32.2 Å². The zero-order chi connectivity index (χ0) is 18.1. The van der Waals surface area contributed by atoms with E-state index in [-0.39, 0.29) is 12.3 Å². The van der Waals surface area contributed by atoms with Crippen molar-refractivity contribution in [3.05, 3.63) is 35.4 Å². The van der Waals surface area contributed by atoms with Gasteiger partial charge >= 0.3 is 5.97 Å². The molecule has 1 amide bonds. The Morgan fingerprint density at radius 2 is 1.84 bits per heavy atom. The first-order chi connectivity index (χ1) is 12.0. The predicted octanol–water partition coefficient (Wildman–Crippen LogP) is 2.72. The van der Waals surface area contributed by atoms with Crippen LogP contribution in [0.4, 0.5) is 0 Å². The van der Waals surface area contributed by atoms with Gasteiger partial charge in [0.25, 0.3) is 0 Å². The molecule has 6 heteroatoms. The second-order valence-corrected chi connectivity index (χ2v) is 6.23. The van der Waals surface area contributed by atoms with E-state index >= 15 is 0 Å². The Hall–Kier alpha value is -2.68. The quantitative estimate of drug-likeness (QED) is 0.479. The highest BCUT2D eigenvalue weighted by molar-refractivity contribution is 5.76. The number of hydrogen-bond acceptors (Lipinski definition) is 4. The van der Waals surface area contributed by atoms with Gasteiger partial charge in [0.2, 0.25) is 5.91 Å². The van der Waals surface area contributed by atoms with Crippen LogP contribution in [0.25, 0.3) is 0 Å². The van der Waals surface area contributed by atoms with Gasteiger partial charge in [-0.25, -0.2) is 0 Å². The van der Waals surface area contributed by atoms with Gasteiger partial charge in [0.1, 0.15) is 0 Å². The van der Waals surface area contributed by atoms with Gasteiger partial charge in [0.15, 0.2) is 5.66 Å². The summed E-state index contributed by atoms with van der Waals surface area (Å²) >= 11 is 0. The van der Waals surface area contributed by atoms with Crippen molar-refractivity contribution in [2.24, 2.45) is 10.2 Å². The fourth-order valence-corrected chi connectivity index (χ4v) is 2.59. The van der Waals surface area contributed by atoms with Crippen molar-refractivity contribution in [1.29, 1.82) is 0 Å². The summed E-state index contributed by atoms with van der Waals surface area (Å²) in [6.07, 6.45) is 9.31. The minimum absolute atomic E-state index is 0.00851. The number of benzene rings is 1. The summed E-state index contributed by atoms with van der Waals surface area (Å²) in [5, 5.41) is 19.7. The van der Waals surface area contributed by atoms with E-state index in [2.05, 4.69) is 21.5 Å². The van der Waals surface area contributed by atoms with Crippen molar-refractivity contribution in [2.45, 2.75) is 50.6 Å². The molecule has 132 valence electrons. The van der Waals surface area contributed by atoms with Gasteiger partial charge in [-0.3, -0.25) is 9.59 Å². The van der Waals surface area contributed by atoms with Crippen molar-refractivity contribution in [2.75, 3.05) is 6.54 Å². The molecule has 6 nitrogen and oxygen atoms in total. The third-order valence-electron chi connectivity index (χ3n) is 4.15. The number of aliphatic carboxylic acids is 1. The molecule has 0 spiro atoms. The summed E-state index contributed by atoms with van der Waals surface area (Å²) in [4.78, 5) is 22.5. The Balaban J connectivity index is 1.58. The van der Waals surface area contributed by atoms with Gasteiger partial charge in [-0.15, -0.1) is 12.3 Å². The average molecular weight is 341 g/mol. The van der Waals surface area contributed by atoms with Crippen LogP contribution in [0.2, 0.25) is 0 Å². The van der Waals surface area contributed by atoms with Gasteiger partial charge in [-0.2, -0.15) is 10.2 Å². The van der Waals surface area contributed by atoms with E-state index in [1.807, 2.05) is 24.3 Å². The molecule has 1 aromatic carbocycles. The zero-order valence-corrected chi connectivity index (χ0v) is 14.2. The number of hydrogen-bond donors (Lipinski definition) is 2. The number of carboxylic acids is 1. The average Bonchev–Trinajstić information content (AvgIpc) is 3.36. The second kappa shape index (κ2) is 8.97. The molecule has 0 saturated heterocycles. The molecule has 2 rings (SSSR count). The molecule has 0 radical (unpaired) electrons. The topological polar surface area (TPSA) is 91.1 Å². The van der Waals surface area contributed by atoms with Crippen molar-refractivity contribution in [3.63, 3.8) is 0 Å². The summed E-state index contributed by atoms with van der Waals surface area (Å²) in [6, 6.07) is 7.54. The van der Waals surface area contributed by atoms with Crippen LogP contribution in [0.1, 0.15) is 43.2 Å². The summed E-state index contributed by atoms with van der Waals surface area (Å²) in [6.45, 7) is 0.612. The van der Waals surface area contributed by atoms with Crippen molar-refractivity contribution >= 4 is 11.9 Å². The van der Waals surface area contributed by atoms with E-state index < -0.39 is 11.6 Å². The van der Waals surface area contributed by atoms with Crippen LogP contribution in [0, 0.1) is 12.3 Å². The van der Waals surface area contributed by atoms with E-state index in [9.17, 15) is 9.59 Å². The highest BCUT2D eigenvalue weighted by Gasteiger charge is 2.39. The lowest BCUT2D eigenvalue weighted by molar-refractivity contribution is -0.136. The summed E-state index contributed by atoms with van der Waals surface area (Å²) in [5.41, 5.74) is 1.52. The molecule has 0 unspecified atom stereocenters. The van der Waals surface area contributed by atoms with Gasteiger partial charge < -0.3 is 10.4 Å². The maximum absolute atomic E-state index is 11.9. The number of amides is 1. The SMILES string of the molecule is C#CCCC1(CCC(=O)NCCCc2ccc(CC(=O)O)cc2)N=N1. The standard InChI is InChI=1S/C19H23N3O3/c1-2-3-11-19(21-22-19)12-10-17(23)20-13-4-5-15-6-8-16(9-7-15)14-18(24)25/h1,6-9H,3-5,10-14H2,(H,20,23)(H,24,25). The second-order valence-electron chi connectivity index (χ2n) is 6.23. The van der Waals surface area contributed by atoms with E-state index in [0.717, 1.165) is 24.0 Å². The Labute approximate surface area is 147 Å². The van der Waals surface area contributed by atoms with E-state index in [4.69, 9.17) is 11.5 Å². The summed E-state index contributed by atoms with van der Waals surface area (Å²) in [7, 11) is 0. The van der Waals surface area contributed by atoms with Gasteiger partial charge in [0.05, 0.1) is 6.42 Å². The Bertz CT molecular complexity index is 668. The largest absolute Gasteiger partial charge is 0.481 e. The molecule has 0 saturated carbocycles. The highest BCUT2D eigenvalue weighted by Crippen LogP contribution is 2.37. The van der Waals surface area contributed by atoms with Crippen molar-refractivity contribution in [3.8, 4) is 12.3 Å². The maximum atomic E-state index is 11.9. The lowest BCUT2D eigenvalue weighted by atomic mass is 10.0. The molecule has 0 fully saturated rings. The summed E-state index contributed by atoms with van der Waals surface area (Å²) < 4.78 is 0. The fourth-order valence-electron chi connectivity index (χ4n) is 2.59.